The highest BCUT2D eigenvalue weighted by molar-refractivity contribution is 5.68. The molecular formula is C9H13N3O4. The molecule has 2 N–H and O–H groups in total. The fourth-order valence-corrected chi connectivity index (χ4v) is 0.873. The monoisotopic (exact) mass is 227 g/mol. The van der Waals surface area contributed by atoms with Crippen LogP contribution < -0.4 is 10.2 Å². The molecule has 0 amide bonds. The Kier molecular flexibility index (Phi) is 4.46. The number of carboxylic acids is 1. The van der Waals surface area contributed by atoms with Crippen molar-refractivity contribution in [3.8, 4) is 5.88 Å². The molecule has 16 heavy (non-hydrogen) atoms. The number of hydrogen-bond donors (Lipinski definition) is 2. The molecule has 1 aromatic rings. The molecule has 0 aliphatic carbocycles. The van der Waals surface area contributed by atoms with Gasteiger partial charge in [-0.25, -0.2) is 20.2 Å². The Morgan fingerprint density at radius 1 is 1.56 bits per heavy atom. The highest BCUT2D eigenvalue weighted by Gasteiger charge is 2.02. The third-order valence-corrected chi connectivity index (χ3v) is 1.37. The molecule has 0 radical (unpaired) electrons. The fraction of sp³-hybridized carbons (Fsp3) is 0.444. The summed E-state index contributed by atoms with van der Waals surface area (Å²) in [6, 6.07) is 1.52. The minimum atomic E-state index is -1.07. The summed E-state index contributed by atoms with van der Waals surface area (Å²) in [4.78, 5) is 22.5. The number of aliphatic carboxylic acids is 1. The van der Waals surface area contributed by atoms with E-state index in [9.17, 15) is 4.79 Å². The van der Waals surface area contributed by atoms with Crippen LogP contribution in [-0.4, -0.2) is 33.8 Å². The van der Waals surface area contributed by atoms with Crippen molar-refractivity contribution in [3.63, 3.8) is 0 Å². The zero-order chi connectivity index (χ0) is 12.0. The lowest BCUT2D eigenvalue weighted by atomic mass is 10.5. The summed E-state index contributed by atoms with van der Waals surface area (Å²) >= 11 is 0. The zero-order valence-electron chi connectivity index (χ0n) is 9.01. The van der Waals surface area contributed by atoms with Crippen molar-refractivity contribution in [3.05, 3.63) is 12.4 Å². The quantitative estimate of drug-likeness (QED) is 0.690. The number of ether oxygens (including phenoxy) is 1. The van der Waals surface area contributed by atoms with E-state index in [1.807, 2.05) is 13.8 Å². The van der Waals surface area contributed by atoms with E-state index in [1.54, 1.807) is 0 Å². The van der Waals surface area contributed by atoms with Crippen LogP contribution in [0.5, 0.6) is 5.88 Å². The number of nitrogens with zero attached hydrogens (tertiary/aromatic N) is 2. The van der Waals surface area contributed by atoms with Crippen molar-refractivity contribution in [1.29, 1.82) is 0 Å². The molecule has 0 saturated heterocycles. The van der Waals surface area contributed by atoms with Crippen LogP contribution in [0, 0.1) is 0 Å². The molecule has 1 rings (SSSR count). The van der Waals surface area contributed by atoms with Gasteiger partial charge in [-0.1, -0.05) is 0 Å². The predicted octanol–water partition coefficient (Wildman–Crippen LogP) is 0.692. The molecule has 88 valence electrons. The van der Waals surface area contributed by atoms with Gasteiger partial charge in [0.15, 0.2) is 12.4 Å². The topological polar surface area (TPSA) is 93.6 Å². The van der Waals surface area contributed by atoms with Crippen LogP contribution in [0.4, 0.5) is 5.82 Å². The molecule has 0 unspecified atom stereocenters. The normalized spacial score (nSPS) is 10.2. The number of nitrogens with one attached hydrogen (secondary N) is 1. The summed E-state index contributed by atoms with van der Waals surface area (Å²) < 4.78 is 5.32. The average molecular weight is 227 g/mol. The maximum Gasteiger partial charge on any atom is 0.332 e. The lowest BCUT2D eigenvalue weighted by Gasteiger charge is -2.09. The number of carboxylic acid groups (broad SMARTS) is 1. The van der Waals surface area contributed by atoms with E-state index in [4.69, 9.17) is 9.84 Å². The van der Waals surface area contributed by atoms with E-state index in [2.05, 4.69) is 20.3 Å². The second kappa shape index (κ2) is 5.86. The molecule has 0 saturated carbocycles. The van der Waals surface area contributed by atoms with Crippen LogP contribution in [0.25, 0.3) is 0 Å². The number of hydrogen-bond acceptors (Lipinski definition) is 6. The third-order valence-electron chi connectivity index (χ3n) is 1.37. The van der Waals surface area contributed by atoms with Gasteiger partial charge in [0.25, 0.3) is 0 Å². The van der Waals surface area contributed by atoms with Gasteiger partial charge in [-0.3, -0.25) is 4.84 Å². The number of aromatic nitrogens is 2. The predicted molar refractivity (Wildman–Crippen MR) is 55.0 cm³/mol. The van der Waals surface area contributed by atoms with Gasteiger partial charge in [0, 0.05) is 6.07 Å². The maximum atomic E-state index is 10.2. The van der Waals surface area contributed by atoms with Crippen LogP contribution in [0.3, 0.4) is 0 Å². The molecule has 1 heterocycles. The maximum absolute atomic E-state index is 10.2. The minimum Gasteiger partial charge on any atom is -0.479 e. The molecule has 0 aliphatic heterocycles. The van der Waals surface area contributed by atoms with Crippen LogP contribution in [0.2, 0.25) is 0 Å². The van der Waals surface area contributed by atoms with Gasteiger partial charge in [0.2, 0.25) is 5.88 Å². The highest BCUT2D eigenvalue weighted by Crippen LogP contribution is 2.12. The second-order valence-corrected chi connectivity index (χ2v) is 3.19. The van der Waals surface area contributed by atoms with Crippen molar-refractivity contribution in [2.75, 3.05) is 12.1 Å². The van der Waals surface area contributed by atoms with Gasteiger partial charge in [-0.05, 0) is 13.8 Å². The number of rotatable bonds is 6. The van der Waals surface area contributed by atoms with Crippen LogP contribution >= 0.6 is 0 Å². The average Bonchev–Trinajstić information content (AvgIpc) is 2.16. The SMILES string of the molecule is CC(C)Oc1cc(NOCC(=O)O)ncn1. The Morgan fingerprint density at radius 3 is 2.94 bits per heavy atom. The molecule has 7 nitrogen and oxygen atoms in total. The van der Waals surface area contributed by atoms with E-state index in [1.165, 1.54) is 12.4 Å². The van der Waals surface area contributed by atoms with E-state index in [0.29, 0.717) is 11.7 Å². The molecule has 0 aliphatic rings. The molecule has 1 aromatic heterocycles. The first-order valence-corrected chi connectivity index (χ1v) is 4.66. The minimum absolute atomic E-state index is 0.00249. The first-order valence-electron chi connectivity index (χ1n) is 4.66. The lowest BCUT2D eigenvalue weighted by Crippen LogP contribution is -2.12. The zero-order valence-corrected chi connectivity index (χ0v) is 9.01. The summed E-state index contributed by atoms with van der Waals surface area (Å²) in [7, 11) is 0. The molecule has 7 heteroatoms. The van der Waals surface area contributed by atoms with Gasteiger partial charge in [-0.15, -0.1) is 0 Å². The molecule has 0 spiro atoms. The molecule has 0 aromatic carbocycles. The smallest absolute Gasteiger partial charge is 0.332 e. The highest BCUT2D eigenvalue weighted by atomic mass is 16.7. The van der Waals surface area contributed by atoms with Crippen molar-refractivity contribution < 1.29 is 19.5 Å². The lowest BCUT2D eigenvalue weighted by molar-refractivity contribution is -0.141. The van der Waals surface area contributed by atoms with Crippen LogP contribution in [-0.2, 0) is 9.63 Å². The van der Waals surface area contributed by atoms with Gasteiger partial charge in [-0.2, -0.15) is 0 Å². The van der Waals surface area contributed by atoms with E-state index >= 15 is 0 Å². The van der Waals surface area contributed by atoms with Gasteiger partial charge >= 0.3 is 5.97 Å². The van der Waals surface area contributed by atoms with Crippen molar-refractivity contribution in [2.45, 2.75) is 20.0 Å². The number of carbonyl (C=O) groups is 1. The molecule has 0 bridgehead atoms. The Morgan fingerprint density at radius 2 is 2.31 bits per heavy atom. The first-order chi connectivity index (χ1) is 7.58. The summed E-state index contributed by atoms with van der Waals surface area (Å²) in [5.41, 5.74) is 2.38. The third kappa shape index (κ3) is 4.56. The van der Waals surface area contributed by atoms with Crippen LogP contribution in [0.15, 0.2) is 12.4 Å². The standard InChI is InChI=1S/C9H13N3O4/c1-6(2)16-8-3-7(10-5-11-8)12-15-4-9(13)14/h3,5-6H,4H2,1-2H3,(H,13,14)(H,10,11,12). The summed E-state index contributed by atoms with van der Waals surface area (Å²) in [5.74, 6) is -0.335. The fourth-order valence-electron chi connectivity index (χ4n) is 0.873. The van der Waals surface area contributed by atoms with Crippen LogP contribution in [0.1, 0.15) is 13.8 Å². The van der Waals surface area contributed by atoms with Crippen molar-refractivity contribution >= 4 is 11.8 Å². The molecule has 0 atom stereocenters. The Hall–Kier alpha value is -1.89. The van der Waals surface area contributed by atoms with Gasteiger partial charge in [0.1, 0.15) is 6.33 Å². The second-order valence-electron chi connectivity index (χ2n) is 3.19. The van der Waals surface area contributed by atoms with Gasteiger partial charge < -0.3 is 9.84 Å². The van der Waals surface area contributed by atoms with Crippen molar-refractivity contribution in [2.24, 2.45) is 0 Å². The van der Waals surface area contributed by atoms with Gasteiger partial charge in [0.05, 0.1) is 6.10 Å². The van der Waals surface area contributed by atoms with E-state index in [0.717, 1.165) is 0 Å². The Bertz CT molecular complexity index is 356. The Labute approximate surface area is 92.4 Å². The summed E-state index contributed by atoms with van der Waals surface area (Å²) in [6.45, 7) is 3.29. The largest absolute Gasteiger partial charge is 0.479 e. The Balaban J connectivity index is 2.50. The summed E-state index contributed by atoms with van der Waals surface area (Å²) in [6.07, 6.45) is 1.30. The molecule has 0 fully saturated rings. The summed E-state index contributed by atoms with van der Waals surface area (Å²) in [5, 5.41) is 8.34. The number of anilines is 1. The van der Waals surface area contributed by atoms with E-state index in [-0.39, 0.29) is 6.10 Å². The molecular weight excluding hydrogens is 214 g/mol. The van der Waals surface area contributed by atoms with E-state index < -0.39 is 12.6 Å². The van der Waals surface area contributed by atoms with Crippen molar-refractivity contribution in [1.82, 2.24) is 9.97 Å². The first kappa shape index (κ1) is 12.2.